The van der Waals surface area contributed by atoms with Gasteiger partial charge in [-0.25, -0.2) is 8.42 Å². The van der Waals surface area contributed by atoms with E-state index in [9.17, 15) is 18.0 Å². The van der Waals surface area contributed by atoms with E-state index in [-0.39, 0.29) is 12.5 Å². The van der Waals surface area contributed by atoms with Gasteiger partial charge in [0.25, 0.3) is 11.8 Å². The Hall–Kier alpha value is -3.98. The van der Waals surface area contributed by atoms with Gasteiger partial charge in [-0.3, -0.25) is 18.9 Å². The quantitative estimate of drug-likeness (QED) is 0.473. The van der Waals surface area contributed by atoms with Crippen molar-refractivity contribution in [1.29, 1.82) is 0 Å². The maximum Gasteiger partial charge on any atom is 0.255 e. The molecule has 33 heavy (non-hydrogen) atoms. The molecule has 0 aliphatic carbocycles. The van der Waals surface area contributed by atoms with Crippen molar-refractivity contribution in [1.82, 2.24) is 10.3 Å². The van der Waals surface area contributed by atoms with Crippen molar-refractivity contribution in [3.8, 4) is 0 Å². The summed E-state index contributed by atoms with van der Waals surface area (Å²) < 4.78 is 25.2. The van der Waals surface area contributed by atoms with Gasteiger partial charge in [0.15, 0.2) is 0 Å². The van der Waals surface area contributed by atoms with Crippen LogP contribution in [0, 0.1) is 0 Å². The van der Waals surface area contributed by atoms with Gasteiger partial charge in [0.05, 0.1) is 29.7 Å². The molecule has 0 saturated heterocycles. The Balaban J connectivity index is 1.73. The van der Waals surface area contributed by atoms with Crippen molar-refractivity contribution in [2.45, 2.75) is 6.54 Å². The maximum absolute atomic E-state index is 12.8. The van der Waals surface area contributed by atoms with Crippen LogP contribution in [0.2, 0.25) is 0 Å². The molecule has 0 unspecified atom stereocenters. The van der Waals surface area contributed by atoms with Crippen LogP contribution < -0.4 is 14.9 Å². The molecule has 2 amide bonds. The van der Waals surface area contributed by atoms with E-state index in [0.29, 0.717) is 29.0 Å². The minimum absolute atomic E-state index is 0.117. The molecule has 3 rings (SSSR count). The fourth-order valence-corrected chi connectivity index (χ4v) is 3.97. The number of nitrogens with one attached hydrogen (secondary N) is 2. The van der Waals surface area contributed by atoms with E-state index in [1.54, 1.807) is 54.9 Å². The van der Waals surface area contributed by atoms with Crippen LogP contribution in [0.3, 0.4) is 0 Å². The summed E-state index contributed by atoms with van der Waals surface area (Å²) in [5.74, 6) is -0.762. The lowest BCUT2D eigenvalue weighted by molar-refractivity contribution is 0.0951. The molecule has 0 saturated carbocycles. The Bertz CT molecular complexity index is 1240. The molecule has 0 atom stereocenters. The smallest absolute Gasteiger partial charge is 0.255 e. The molecule has 1 aromatic heterocycles. The summed E-state index contributed by atoms with van der Waals surface area (Å²) >= 11 is 0. The van der Waals surface area contributed by atoms with Gasteiger partial charge in [0, 0.05) is 24.5 Å². The first-order chi connectivity index (χ1) is 15.8. The third-order valence-corrected chi connectivity index (χ3v) is 5.87. The van der Waals surface area contributed by atoms with Crippen molar-refractivity contribution < 1.29 is 18.0 Å². The van der Waals surface area contributed by atoms with Crippen LogP contribution in [-0.4, -0.2) is 38.0 Å². The number of nitrogens with zero attached hydrogens (tertiary/aromatic N) is 2. The standard InChI is InChI=1S/C24H24N4O4S/c1-3-15-28(33(2,31)32)20-12-10-19(11-13-20)23(29)27-22-9-5-4-8-21(22)24(30)26-17-18-7-6-14-25-16-18/h3-14,16H,1,15,17H2,2H3,(H,26,30)(H,27,29). The summed E-state index contributed by atoms with van der Waals surface area (Å²) in [4.78, 5) is 29.5. The van der Waals surface area contributed by atoms with Gasteiger partial charge < -0.3 is 10.6 Å². The number of amides is 2. The largest absolute Gasteiger partial charge is 0.348 e. The Morgan fingerprint density at radius 2 is 1.76 bits per heavy atom. The second-order valence-corrected chi connectivity index (χ2v) is 9.08. The molecule has 0 bridgehead atoms. The zero-order valence-corrected chi connectivity index (χ0v) is 18.9. The zero-order valence-electron chi connectivity index (χ0n) is 18.1. The lowest BCUT2D eigenvalue weighted by atomic mass is 10.1. The maximum atomic E-state index is 12.8. The molecular weight excluding hydrogens is 440 g/mol. The van der Waals surface area contributed by atoms with Crippen LogP contribution in [0.5, 0.6) is 0 Å². The van der Waals surface area contributed by atoms with E-state index in [0.717, 1.165) is 11.8 Å². The second-order valence-electron chi connectivity index (χ2n) is 7.17. The van der Waals surface area contributed by atoms with Crippen LogP contribution in [0.1, 0.15) is 26.3 Å². The van der Waals surface area contributed by atoms with Crippen LogP contribution in [0.25, 0.3) is 0 Å². The van der Waals surface area contributed by atoms with Gasteiger partial charge in [-0.2, -0.15) is 0 Å². The number of carbonyl (C=O) groups excluding carboxylic acids is 2. The normalized spacial score (nSPS) is 10.8. The highest BCUT2D eigenvalue weighted by Gasteiger charge is 2.17. The van der Waals surface area contributed by atoms with Crippen LogP contribution in [0.4, 0.5) is 11.4 Å². The van der Waals surface area contributed by atoms with Crippen molar-refractivity contribution in [2.75, 3.05) is 22.4 Å². The van der Waals surface area contributed by atoms with Gasteiger partial charge in [0.1, 0.15) is 0 Å². The number of para-hydroxylation sites is 1. The molecule has 1 heterocycles. The molecule has 2 N–H and O–H groups in total. The van der Waals surface area contributed by atoms with E-state index in [1.807, 2.05) is 6.07 Å². The monoisotopic (exact) mass is 464 g/mol. The molecule has 3 aromatic rings. The second kappa shape index (κ2) is 10.6. The predicted molar refractivity (Wildman–Crippen MR) is 129 cm³/mol. The minimum Gasteiger partial charge on any atom is -0.348 e. The van der Waals surface area contributed by atoms with Crippen molar-refractivity contribution in [2.24, 2.45) is 0 Å². The molecule has 0 spiro atoms. The Morgan fingerprint density at radius 1 is 1.03 bits per heavy atom. The van der Waals surface area contributed by atoms with Crippen LogP contribution in [-0.2, 0) is 16.6 Å². The third kappa shape index (κ3) is 6.27. The topological polar surface area (TPSA) is 108 Å². The molecule has 0 fully saturated rings. The average molecular weight is 465 g/mol. The molecule has 8 nitrogen and oxygen atoms in total. The third-order valence-electron chi connectivity index (χ3n) is 4.71. The Kier molecular flexibility index (Phi) is 7.57. The van der Waals surface area contributed by atoms with E-state index in [2.05, 4.69) is 22.2 Å². The van der Waals surface area contributed by atoms with Gasteiger partial charge >= 0.3 is 0 Å². The summed E-state index contributed by atoms with van der Waals surface area (Å²) in [6, 6.07) is 16.5. The number of benzene rings is 2. The highest BCUT2D eigenvalue weighted by atomic mass is 32.2. The fraction of sp³-hybridized carbons (Fsp3) is 0.125. The minimum atomic E-state index is -3.49. The first-order valence-electron chi connectivity index (χ1n) is 10.1. The summed E-state index contributed by atoms with van der Waals surface area (Å²) in [6.07, 6.45) is 5.91. The Labute approximate surface area is 193 Å². The molecule has 9 heteroatoms. The number of hydrogen-bond acceptors (Lipinski definition) is 5. The number of carbonyl (C=O) groups is 2. The van der Waals surface area contributed by atoms with Crippen LogP contribution >= 0.6 is 0 Å². The van der Waals surface area contributed by atoms with Crippen LogP contribution in [0.15, 0.2) is 85.7 Å². The number of sulfonamides is 1. The van der Waals surface area contributed by atoms with Crippen molar-refractivity contribution in [3.63, 3.8) is 0 Å². The van der Waals surface area contributed by atoms with Gasteiger partial charge in [-0.15, -0.1) is 6.58 Å². The van der Waals surface area contributed by atoms with Gasteiger partial charge in [-0.1, -0.05) is 24.3 Å². The molecule has 2 aromatic carbocycles. The predicted octanol–water partition coefficient (Wildman–Crippen LogP) is 3.22. The molecule has 0 aliphatic rings. The fourth-order valence-electron chi connectivity index (χ4n) is 3.09. The summed E-state index contributed by atoms with van der Waals surface area (Å²) in [6.45, 7) is 4.00. The zero-order chi connectivity index (χ0) is 23.8. The molecule has 170 valence electrons. The highest BCUT2D eigenvalue weighted by molar-refractivity contribution is 7.92. The number of aromatic nitrogens is 1. The van der Waals surface area contributed by atoms with Crippen molar-refractivity contribution >= 4 is 33.2 Å². The number of rotatable bonds is 9. The molecule has 0 radical (unpaired) electrons. The van der Waals surface area contributed by atoms with Gasteiger partial charge in [-0.05, 0) is 48.0 Å². The van der Waals surface area contributed by atoms with Gasteiger partial charge in [0.2, 0.25) is 10.0 Å². The molecular formula is C24H24N4O4S. The van der Waals surface area contributed by atoms with Crippen molar-refractivity contribution in [3.05, 3.63) is 102 Å². The first kappa shape index (κ1) is 23.7. The van der Waals surface area contributed by atoms with E-state index in [1.165, 1.54) is 22.5 Å². The lowest BCUT2D eigenvalue weighted by Crippen LogP contribution is -2.29. The first-order valence-corrected chi connectivity index (χ1v) is 11.9. The number of anilines is 2. The Morgan fingerprint density at radius 3 is 2.39 bits per heavy atom. The number of pyridine rings is 1. The van der Waals surface area contributed by atoms with E-state index in [4.69, 9.17) is 0 Å². The molecule has 0 aliphatic heterocycles. The van der Waals surface area contributed by atoms with E-state index < -0.39 is 15.9 Å². The average Bonchev–Trinajstić information content (AvgIpc) is 2.81. The summed E-state index contributed by atoms with van der Waals surface area (Å²) in [5.41, 5.74) is 2.27. The SMILES string of the molecule is C=CCN(c1ccc(C(=O)Nc2ccccc2C(=O)NCc2cccnc2)cc1)S(C)(=O)=O. The number of hydrogen-bond donors (Lipinski definition) is 2. The lowest BCUT2D eigenvalue weighted by Gasteiger charge is -2.20. The summed E-state index contributed by atoms with van der Waals surface area (Å²) in [5, 5.41) is 5.56. The highest BCUT2D eigenvalue weighted by Crippen LogP contribution is 2.20. The van der Waals surface area contributed by atoms with E-state index >= 15 is 0 Å². The summed E-state index contributed by atoms with van der Waals surface area (Å²) in [7, 11) is -3.49.